The van der Waals surface area contributed by atoms with Crippen molar-refractivity contribution in [1.82, 2.24) is 4.72 Å². The zero-order valence-electron chi connectivity index (χ0n) is 17.2. The zero-order chi connectivity index (χ0) is 21.4. The largest absolute Gasteiger partial charge is 0.482 e. The standard InChI is InChI=1S/C21H27NO5S2/c1-5-26-20(23)14-27-18-6-8-19(9-7-18)28-11-10-22-29(24,25)21-16(3)12-15(2)13-17(21)4/h6-9,12-13,22H,5,10-11,14H2,1-4H3. The number of sulfonamides is 1. The lowest BCUT2D eigenvalue weighted by atomic mass is 10.1. The third kappa shape index (κ3) is 7.06. The third-order valence-corrected chi connectivity index (χ3v) is 6.80. The molecule has 0 aromatic heterocycles. The van der Waals surface area contributed by atoms with Gasteiger partial charge >= 0.3 is 5.97 Å². The van der Waals surface area contributed by atoms with Crippen LogP contribution >= 0.6 is 11.8 Å². The van der Waals surface area contributed by atoms with Crippen molar-refractivity contribution < 1.29 is 22.7 Å². The first kappa shape index (κ1) is 23.3. The van der Waals surface area contributed by atoms with Crippen LogP contribution in [0.1, 0.15) is 23.6 Å². The van der Waals surface area contributed by atoms with Crippen LogP contribution in [0.15, 0.2) is 46.2 Å². The lowest BCUT2D eigenvalue weighted by molar-refractivity contribution is -0.145. The van der Waals surface area contributed by atoms with E-state index < -0.39 is 16.0 Å². The second-order valence-electron chi connectivity index (χ2n) is 6.54. The van der Waals surface area contributed by atoms with Gasteiger partial charge in [0.2, 0.25) is 10.0 Å². The van der Waals surface area contributed by atoms with Gasteiger partial charge in [0.1, 0.15) is 5.75 Å². The van der Waals surface area contributed by atoms with Crippen molar-refractivity contribution in [3.05, 3.63) is 53.1 Å². The Hall–Kier alpha value is -2.03. The molecule has 0 heterocycles. The van der Waals surface area contributed by atoms with Gasteiger partial charge in [-0.25, -0.2) is 17.9 Å². The molecule has 0 amide bonds. The lowest BCUT2D eigenvalue weighted by Gasteiger charge is -2.13. The fraction of sp³-hybridized carbons (Fsp3) is 0.381. The maximum atomic E-state index is 12.6. The number of hydrogen-bond donors (Lipinski definition) is 1. The Labute approximate surface area is 177 Å². The van der Waals surface area contributed by atoms with Gasteiger partial charge in [0.05, 0.1) is 11.5 Å². The number of aryl methyl sites for hydroxylation is 3. The third-order valence-electron chi connectivity index (χ3n) is 4.02. The first-order valence-electron chi connectivity index (χ1n) is 9.31. The van der Waals surface area contributed by atoms with E-state index >= 15 is 0 Å². The van der Waals surface area contributed by atoms with E-state index in [2.05, 4.69) is 4.72 Å². The van der Waals surface area contributed by atoms with Crippen LogP contribution in [0.2, 0.25) is 0 Å². The number of esters is 1. The molecule has 0 radical (unpaired) electrons. The fourth-order valence-corrected chi connectivity index (χ4v) is 5.36. The zero-order valence-corrected chi connectivity index (χ0v) is 18.8. The summed E-state index contributed by atoms with van der Waals surface area (Å²) in [7, 11) is -3.55. The van der Waals surface area contributed by atoms with Gasteiger partial charge in [0, 0.05) is 17.2 Å². The van der Waals surface area contributed by atoms with Crippen LogP contribution < -0.4 is 9.46 Å². The molecule has 0 fully saturated rings. The number of rotatable bonds is 10. The molecule has 0 saturated heterocycles. The highest BCUT2D eigenvalue weighted by molar-refractivity contribution is 7.99. The molecule has 0 saturated carbocycles. The molecule has 0 aliphatic carbocycles. The van der Waals surface area contributed by atoms with Crippen LogP contribution in [0.4, 0.5) is 0 Å². The van der Waals surface area contributed by atoms with Crippen LogP contribution in [0, 0.1) is 20.8 Å². The van der Waals surface area contributed by atoms with Gasteiger partial charge in [-0.15, -0.1) is 11.8 Å². The summed E-state index contributed by atoms with van der Waals surface area (Å²) < 4.78 is 38.1. The number of ether oxygens (including phenoxy) is 2. The van der Waals surface area contributed by atoms with Gasteiger partial charge in [0.25, 0.3) is 0 Å². The second kappa shape index (κ2) is 10.7. The first-order chi connectivity index (χ1) is 13.7. The van der Waals surface area contributed by atoms with E-state index in [4.69, 9.17) is 9.47 Å². The molecule has 0 bridgehead atoms. The molecule has 0 spiro atoms. The summed E-state index contributed by atoms with van der Waals surface area (Å²) in [6.45, 7) is 7.84. The van der Waals surface area contributed by atoms with Crippen LogP contribution in [-0.2, 0) is 19.6 Å². The molecule has 0 atom stereocenters. The average molecular weight is 438 g/mol. The van der Waals surface area contributed by atoms with Crippen molar-refractivity contribution in [2.24, 2.45) is 0 Å². The predicted molar refractivity (Wildman–Crippen MR) is 115 cm³/mol. The summed E-state index contributed by atoms with van der Waals surface area (Å²) in [6.07, 6.45) is 0. The van der Waals surface area contributed by atoms with E-state index in [1.54, 1.807) is 19.1 Å². The number of carbonyl (C=O) groups is 1. The van der Waals surface area contributed by atoms with E-state index in [0.29, 0.717) is 29.5 Å². The molecule has 2 aromatic rings. The summed E-state index contributed by atoms with van der Waals surface area (Å²) in [5, 5.41) is 0. The van der Waals surface area contributed by atoms with E-state index in [-0.39, 0.29) is 6.61 Å². The summed E-state index contributed by atoms with van der Waals surface area (Å²) in [4.78, 5) is 12.6. The van der Waals surface area contributed by atoms with Crippen LogP contribution in [-0.4, -0.2) is 39.9 Å². The fourth-order valence-electron chi connectivity index (χ4n) is 2.98. The number of carbonyl (C=O) groups excluding carboxylic acids is 1. The second-order valence-corrected chi connectivity index (χ2v) is 9.41. The Morgan fingerprint density at radius 1 is 1.07 bits per heavy atom. The smallest absolute Gasteiger partial charge is 0.344 e. The molecular weight excluding hydrogens is 410 g/mol. The molecule has 0 unspecified atom stereocenters. The van der Waals surface area contributed by atoms with Crippen LogP contribution in [0.3, 0.4) is 0 Å². The van der Waals surface area contributed by atoms with E-state index in [1.165, 1.54) is 11.8 Å². The molecule has 0 aliphatic heterocycles. The molecule has 158 valence electrons. The number of benzene rings is 2. The maximum Gasteiger partial charge on any atom is 0.344 e. The molecule has 6 nitrogen and oxygen atoms in total. The first-order valence-corrected chi connectivity index (χ1v) is 11.8. The molecular formula is C21H27NO5S2. The van der Waals surface area contributed by atoms with Crippen molar-refractivity contribution in [1.29, 1.82) is 0 Å². The lowest BCUT2D eigenvalue weighted by Crippen LogP contribution is -2.27. The molecule has 29 heavy (non-hydrogen) atoms. The molecule has 1 N–H and O–H groups in total. The predicted octanol–water partition coefficient (Wildman–Crippen LogP) is 3.62. The quantitative estimate of drug-likeness (QED) is 0.347. The highest BCUT2D eigenvalue weighted by Crippen LogP contribution is 2.23. The Morgan fingerprint density at radius 3 is 2.28 bits per heavy atom. The van der Waals surface area contributed by atoms with Gasteiger partial charge in [-0.05, 0) is 63.1 Å². The van der Waals surface area contributed by atoms with Crippen molar-refractivity contribution in [2.75, 3.05) is 25.5 Å². The Morgan fingerprint density at radius 2 is 1.69 bits per heavy atom. The number of hydrogen-bond acceptors (Lipinski definition) is 6. The normalized spacial score (nSPS) is 11.3. The number of thioether (sulfide) groups is 1. The molecule has 0 aliphatic rings. The summed E-state index contributed by atoms with van der Waals surface area (Å²) >= 11 is 1.53. The highest BCUT2D eigenvalue weighted by Gasteiger charge is 2.19. The topological polar surface area (TPSA) is 81.7 Å². The van der Waals surface area contributed by atoms with Crippen molar-refractivity contribution >= 4 is 27.8 Å². The summed E-state index contributed by atoms with van der Waals surface area (Å²) in [5.74, 6) is 0.761. The van der Waals surface area contributed by atoms with Gasteiger partial charge < -0.3 is 9.47 Å². The van der Waals surface area contributed by atoms with Gasteiger partial charge in [-0.1, -0.05) is 17.7 Å². The van der Waals surface area contributed by atoms with E-state index in [1.807, 2.05) is 45.0 Å². The van der Waals surface area contributed by atoms with Crippen LogP contribution in [0.5, 0.6) is 5.75 Å². The summed E-state index contributed by atoms with van der Waals surface area (Å²) in [6, 6.07) is 11.0. The van der Waals surface area contributed by atoms with Gasteiger partial charge in [-0.2, -0.15) is 0 Å². The Kier molecular flexibility index (Phi) is 8.55. The van der Waals surface area contributed by atoms with E-state index in [0.717, 1.165) is 21.6 Å². The monoisotopic (exact) mass is 437 g/mol. The minimum absolute atomic E-state index is 0.125. The molecule has 2 rings (SSSR count). The minimum Gasteiger partial charge on any atom is -0.482 e. The van der Waals surface area contributed by atoms with Crippen molar-refractivity contribution in [3.63, 3.8) is 0 Å². The average Bonchev–Trinajstić information content (AvgIpc) is 2.63. The Bertz CT molecular complexity index is 917. The Balaban J connectivity index is 1.84. The SMILES string of the molecule is CCOC(=O)COc1ccc(SCCNS(=O)(=O)c2c(C)cc(C)cc2C)cc1. The van der Waals surface area contributed by atoms with Gasteiger partial charge in [0.15, 0.2) is 6.61 Å². The minimum atomic E-state index is -3.55. The van der Waals surface area contributed by atoms with Crippen molar-refractivity contribution in [2.45, 2.75) is 37.5 Å². The highest BCUT2D eigenvalue weighted by atomic mass is 32.2. The van der Waals surface area contributed by atoms with E-state index in [9.17, 15) is 13.2 Å². The van der Waals surface area contributed by atoms with Crippen molar-refractivity contribution in [3.8, 4) is 5.75 Å². The maximum absolute atomic E-state index is 12.6. The van der Waals surface area contributed by atoms with Gasteiger partial charge in [-0.3, -0.25) is 0 Å². The summed E-state index contributed by atoms with van der Waals surface area (Å²) in [5.41, 5.74) is 2.55. The molecule has 8 heteroatoms. The molecule has 2 aromatic carbocycles. The number of nitrogens with one attached hydrogen (secondary N) is 1. The van der Waals surface area contributed by atoms with Crippen LogP contribution in [0.25, 0.3) is 0 Å².